The van der Waals surface area contributed by atoms with E-state index in [0.29, 0.717) is 25.3 Å². The Hall–Kier alpha value is -2.70. The molecule has 0 saturated heterocycles. The molecule has 0 fully saturated rings. The molecule has 0 spiro atoms. The summed E-state index contributed by atoms with van der Waals surface area (Å²) in [5, 5.41) is 5.88. The van der Waals surface area contributed by atoms with Gasteiger partial charge in [0, 0.05) is 25.0 Å². The molecule has 3 rings (SSSR count). The normalized spacial score (nSPS) is 11.3. The summed E-state index contributed by atoms with van der Waals surface area (Å²) < 4.78 is 18.2. The van der Waals surface area contributed by atoms with Crippen molar-refractivity contribution in [1.82, 2.24) is 9.78 Å². The second kappa shape index (κ2) is 10.2. The second-order valence-corrected chi connectivity index (χ2v) is 6.69. The van der Waals surface area contributed by atoms with Crippen LogP contribution in [0, 0.1) is 0 Å². The van der Waals surface area contributed by atoms with Gasteiger partial charge >= 0.3 is 5.97 Å². The number of aromatic nitrogens is 2. The molecule has 0 aliphatic heterocycles. The molecule has 1 heterocycles. The number of nitrogens with zero attached hydrogens (tertiary/aromatic N) is 2. The maximum absolute atomic E-state index is 12.0. The van der Waals surface area contributed by atoms with E-state index in [0.717, 1.165) is 35.0 Å². The van der Waals surface area contributed by atoms with Crippen molar-refractivity contribution in [2.24, 2.45) is 0 Å². The lowest BCUT2D eigenvalue weighted by Gasteiger charge is -2.16. The lowest BCUT2D eigenvalue weighted by molar-refractivity contribution is -0.139. The highest BCUT2D eigenvalue weighted by Gasteiger charge is 2.16. The molecule has 0 unspecified atom stereocenters. The van der Waals surface area contributed by atoms with E-state index in [1.807, 2.05) is 48.9 Å². The topological polar surface area (TPSA) is 62.6 Å². The van der Waals surface area contributed by atoms with E-state index >= 15 is 0 Å². The van der Waals surface area contributed by atoms with E-state index in [2.05, 4.69) is 12.1 Å². The van der Waals surface area contributed by atoms with Gasteiger partial charge < -0.3 is 14.2 Å². The molecular weight excluding hydrogens is 368 g/mol. The predicted octanol–water partition coefficient (Wildman–Crippen LogP) is 4.20. The molecule has 6 heteroatoms. The minimum absolute atomic E-state index is 0.242. The van der Waals surface area contributed by atoms with Gasteiger partial charge in [-0.3, -0.25) is 4.68 Å². The molecule has 0 radical (unpaired) electrons. The monoisotopic (exact) mass is 396 g/mol. The molecule has 0 amide bonds. The van der Waals surface area contributed by atoms with Crippen LogP contribution in [-0.4, -0.2) is 42.4 Å². The lowest BCUT2D eigenvalue weighted by atomic mass is 10.1. The van der Waals surface area contributed by atoms with Crippen LogP contribution in [0.3, 0.4) is 0 Å². The van der Waals surface area contributed by atoms with Crippen LogP contribution in [0.5, 0.6) is 0 Å². The first-order valence-electron chi connectivity index (χ1n) is 10.0. The Balaban J connectivity index is 1.93. The number of rotatable bonds is 10. The summed E-state index contributed by atoms with van der Waals surface area (Å²) in [5.74, 6) is -0.353. The fourth-order valence-corrected chi connectivity index (χ4v) is 3.39. The molecule has 0 saturated carbocycles. The fourth-order valence-electron chi connectivity index (χ4n) is 3.39. The summed E-state index contributed by atoms with van der Waals surface area (Å²) in [6, 6.07) is 15.7. The van der Waals surface area contributed by atoms with Gasteiger partial charge in [0.25, 0.3) is 0 Å². The van der Waals surface area contributed by atoms with Crippen LogP contribution < -0.4 is 0 Å². The number of ether oxygens (including phenoxy) is 3. The van der Waals surface area contributed by atoms with Gasteiger partial charge in [0.2, 0.25) is 0 Å². The minimum atomic E-state index is -0.353. The number of esters is 1. The van der Waals surface area contributed by atoms with Gasteiger partial charge in [-0.25, -0.2) is 4.79 Å². The smallest absolute Gasteiger partial charge is 0.337 e. The Morgan fingerprint density at radius 3 is 2.45 bits per heavy atom. The van der Waals surface area contributed by atoms with Gasteiger partial charge in [0.1, 0.15) is 0 Å². The summed E-state index contributed by atoms with van der Waals surface area (Å²) >= 11 is 0. The summed E-state index contributed by atoms with van der Waals surface area (Å²) in [4.78, 5) is 12.0. The molecule has 0 aliphatic carbocycles. The van der Waals surface area contributed by atoms with Crippen LogP contribution >= 0.6 is 0 Å². The molecular formula is C23H28N2O4. The summed E-state index contributed by atoms with van der Waals surface area (Å²) in [5.41, 5.74) is 3.54. The second-order valence-electron chi connectivity index (χ2n) is 6.69. The molecule has 2 aromatic carbocycles. The molecule has 0 bridgehead atoms. The standard InChI is InChI=1S/C23H28N2O4/c1-4-28-22(29-5-2)14-13-20-19-12-11-18(23(26)27-3)15-21(19)25(24-20)16-17-9-7-6-8-10-17/h6-12,15,22H,4-5,13-14,16H2,1-3H3. The van der Waals surface area contributed by atoms with Crippen molar-refractivity contribution >= 4 is 16.9 Å². The predicted molar refractivity (Wildman–Crippen MR) is 112 cm³/mol. The first kappa shape index (κ1) is 21.0. The highest BCUT2D eigenvalue weighted by Crippen LogP contribution is 2.24. The zero-order valence-corrected chi connectivity index (χ0v) is 17.3. The number of carbonyl (C=O) groups is 1. The average Bonchev–Trinajstić information content (AvgIpc) is 3.09. The Morgan fingerprint density at radius 1 is 1.07 bits per heavy atom. The van der Waals surface area contributed by atoms with Gasteiger partial charge in [-0.15, -0.1) is 0 Å². The number of aryl methyl sites for hydroxylation is 1. The van der Waals surface area contributed by atoms with E-state index in [4.69, 9.17) is 19.3 Å². The van der Waals surface area contributed by atoms with Crippen molar-refractivity contribution in [3.63, 3.8) is 0 Å². The number of hydrogen-bond acceptors (Lipinski definition) is 5. The Morgan fingerprint density at radius 2 is 1.79 bits per heavy atom. The van der Waals surface area contributed by atoms with Gasteiger partial charge in [-0.2, -0.15) is 5.10 Å². The third-order valence-corrected chi connectivity index (χ3v) is 4.75. The largest absolute Gasteiger partial charge is 0.465 e. The molecule has 29 heavy (non-hydrogen) atoms. The third-order valence-electron chi connectivity index (χ3n) is 4.75. The maximum atomic E-state index is 12.0. The number of benzene rings is 2. The molecule has 3 aromatic rings. The molecule has 0 N–H and O–H groups in total. The number of fused-ring (bicyclic) bond motifs is 1. The molecule has 6 nitrogen and oxygen atoms in total. The SMILES string of the molecule is CCOC(CCc1nn(Cc2ccccc2)c2cc(C(=O)OC)ccc12)OCC. The van der Waals surface area contributed by atoms with Crippen molar-refractivity contribution in [1.29, 1.82) is 0 Å². The zero-order valence-electron chi connectivity index (χ0n) is 17.3. The van der Waals surface area contributed by atoms with Gasteiger partial charge in [-0.05, 0) is 38.0 Å². The van der Waals surface area contributed by atoms with E-state index in [9.17, 15) is 4.79 Å². The van der Waals surface area contributed by atoms with Crippen molar-refractivity contribution in [3.05, 3.63) is 65.4 Å². The minimum Gasteiger partial charge on any atom is -0.465 e. The average molecular weight is 396 g/mol. The fraction of sp³-hybridized carbons (Fsp3) is 0.391. The Kier molecular flexibility index (Phi) is 7.38. The highest BCUT2D eigenvalue weighted by atomic mass is 16.7. The Bertz CT molecular complexity index is 931. The van der Waals surface area contributed by atoms with E-state index in [-0.39, 0.29) is 12.3 Å². The van der Waals surface area contributed by atoms with E-state index in [1.165, 1.54) is 7.11 Å². The maximum Gasteiger partial charge on any atom is 0.337 e. The van der Waals surface area contributed by atoms with Gasteiger partial charge in [-0.1, -0.05) is 36.4 Å². The van der Waals surface area contributed by atoms with Crippen LogP contribution in [0.2, 0.25) is 0 Å². The number of hydrogen-bond donors (Lipinski definition) is 0. The Labute approximate surface area is 171 Å². The van der Waals surface area contributed by atoms with E-state index < -0.39 is 0 Å². The van der Waals surface area contributed by atoms with Crippen LogP contribution in [0.15, 0.2) is 48.5 Å². The first-order chi connectivity index (χ1) is 14.2. The van der Waals surface area contributed by atoms with Crippen molar-refractivity contribution in [2.75, 3.05) is 20.3 Å². The molecule has 0 aliphatic rings. The van der Waals surface area contributed by atoms with Crippen LogP contribution in [-0.2, 0) is 27.2 Å². The van der Waals surface area contributed by atoms with Crippen molar-refractivity contribution in [3.8, 4) is 0 Å². The highest BCUT2D eigenvalue weighted by molar-refractivity contribution is 5.95. The summed E-state index contributed by atoms with van der Waals surface area (Å²) in [6.45, 7) is 5.77. The first-order valence-corrected chi connectivity index (χ1v) is 10.0. The van der Waals surface area contributed by atoms with Gasteiger partial charge in [0.15, 0.2) is 6.29 Å². The number of methoxy groups -OCH3 is 1. The third kappa shape index (κ3) is 5.22. The zero-order chi connectivity index (χ0) is 20.6. The van der Waals surface area contributed by atoms with Crippen LogP contribution in [0.4, 0.5) is 0 Å². The number of carbonyl (C=O) groups excluding carboxylic acids is 1. The quantitative estimate of drug-likeness (QED) is 0.380. The summed E-state index contributed by atoms with van der Waals surface area (Å²) in [7, 11) is 1.39. The molecule has 1 aromatic heterocycles. The van der Waals surface area contributed by atoms with Gasteiger partial charge in [0.05, 0.1) is 30.4 Å². The van der Waals surface area contributed by atoms with Crippen molar-refractivity contribution in [2.45, 2.75) is 39.5 Å². The van der Waals surface area contributed by atoms with E-state index in [1.54, 1.807) is 6.07 Å². The lowest BCUT2D eigenvalue weighted by Crippen LogP contribution is -2.18. The molecule has 0 atom stereocenters. The molecule has 154 valence electrons. The van der Waals surface area contributed by atoms with Crippen molar-refractivity contribution < 1.29 is 19.0 Å². The van der Waals surface area contributed by atoms with Crippen LogP contribution in [0.1, 0.15) is 41.9 Å². The summed E-state index contributed by atoms with van der Waals surface area (Å²) in [6.07, 6.45) is 1.20. The van der Waals surface area contributed by atoms with Crippen LogP contribution in [0.25, 0.3) is 10.9 Å².